The molecule has 1 saturated heterocycles. The first-order valence-corrected chi connectivity index (χ1v) is 10.2. The van der Waals surface area contributed by atoms with E-state index < -0.39 is 0 Å². The van der Waals surface area contributed by atoms with Crippen molar-refractivity contribution in [3.63, 3.8) is 0 Å². The van der Waals surface area contributed by atoms with Gasteiger partial charge in [-0.3, -0.25) is 4.79 Å². The second kappa shape index (κ2) is 13.6. The number of benzene rings is 1. The van der Waals surface area contributed by atoms with Gasteiger partial charge in [0.1, 0.15) is 0 Å². The van der Waals surface area contributed by atoms with Crippen LogP contribution in [0.1, 0.15) is 24.3 Å². The quantitative estimate of drug-likeness (QED) is 0.402. The van der Waals surface area contributed by atoms with E-state index in [4.69, 9.17) is 14.6 Å². The van der Waals surface area contributed by atoms with E-state index in [-0.39, 0.29) is 18.4 Å². The molecule has 0 saturated carbocycles. The summed E-state index contributed by atoms with van der Waals surface area (Å²) in [5.74, 6) is 0.296. The van der Waals surface area contributed by atoms with Gasteiger partial charge in [-0.25, -0.2) is 0 Å². The molecule has 2 rings (SSSR count). The summed E-state index contributed by atoms with van der Waals surface area (Å²) in [6.07, 6.45) is 1.63. The number of carbonyl (C=O) groups excluding carboxylic acids is 1. The Balaban J connectivity index is 1.67. The molecule has 28 heavy (non-hydrogen) atoms. The van der Waals surface area contributed by atoms with E-state index in [0.717, 1.165) is 32.6 Å². The summed E-state index contributed by atoms with van der Waals surface area (Å²) in [5.41, 5.74) is 1.22. The molecule has 1 amide bonds. The predicted molar refractivity (Wildman–Crippen MR) is 109 cm³/mol. The van der Waals surface area contributed by atoms with Crippen molar-refractivity contribution in [2.75, 3.05) is 66.3 Å². The first kappa shape index (κ1) is 22.8. The summed E-state index contributed by atoms with van der Waals surface area (Å²) in [4.78, 5) is 14.4. The Morgan fingerprint density at radius 1 is 1.21 bits per heavy atom. The lowest BCUT2D eigenvalue weighted by Crippen LogP contribution is -2.36. The van der Waals surface area contributed by atoms with Crippen LogP contribution in [0.2, 0.25) is 0 Å². The fraction of sp³-hybridized carbons (Fsp3) is 0.667. The van der Waals surface area contributed by atoms with Gasteiger partial charge in [-0.05, 0) is 18.5 Å². The van der Waals surface area contributed by atoms with E-state index in [0.29, 0.717) is 38.9 Å². The van der Waals surface area contributed by atoms with Crippen LogP contribution >= 0.6 is 0 Å². The van der Waals surface area contributed by atoms with Crippen molar-refractivity contribution in [3.8, 4) is 0 Å². The fourth-order valence-electron chi connectivity index (χ4n) is 3.54. The first-order chi connectivity index (χ1) is 13.7. The van der Waals surface area contributed by atoms with Gasteiger partial charge in [-0.1, -0.05) is 30.3 Å². The number of hydrogen-bond acceptors (Lipinski definition) is 6. The van der Waals surface area contributed by atoms with E-state index in [1.165, 1.54) is 5.56 Å². The molecule has 0 spiro atoms. The minimum atomic E-state index is 0.0496. The van der Waals surface area contributed by atoms with E-state index in [1.807, 2.05) is 18.2 Å². The van der Waals surface area contributed by atoms with Crippen molar-refractivity contribution in [1.29, 1.82) is 0 Å². The Bertz CT molecular complexity index is 544. The highest BCUT2D eigenvalue weighted by Crippen LogP contribution is 2.23. The predicted octanol–water partition coefficient (Wildman–Crippen LogP) is 0.596. The molecule has 1 aliphatic rings. The number of rotatable bonds is 14. The smallest absolute Gasteiger partial charge is 0.220 e. The van der Waals surface area contributed by atoms with Crippen molar-refractivity contribution in [3.05, 3.63) is 35.9 Å². The van der Waals surface area contributed by atoms with E-state index in [1.54, 1.807) is 7.05 Å². The molecular formula is C21H35N3O4. The van der Waals surface area contributed by atoms with Crippen LogP contribution in [0, 0.1) is 0 Å². The number of carbonyl (C=O) groups is 1. The second-order valence-electron chi connectivity index (χ2n) is 7.13. The van der Waals surface area contributed by atoms with Gasteiger partial charge in [-0.2, -0.15) is 0 Å². The molecule has 1 heterocycles. The van der Waals surface area contributed by atoms with Crippen molar-refractivity contribution < 1.29 is 19.4 Å². The number of likely N-dealkylation sites (tertiary alicyclic amines) is 1. The van der Waals surface area contributed by atoms with Crippen molar-refractivity contribution >= 4 is 5.91 Å². The second-order valence-corrected chi connectivity index (χ2v) is 7.13. The number of hydrogen-bond donors (Lipinski definition) is 3. The molecular weight excluding hydrogens is 358 g/mol. The number of nitrogens with zero attached hydrogens (tertiary/aromatic N) is 1. The standard InChI is InChI=1S/C21H35N3O4/c1-22-21(26)15-19(18-5-3-2-4-6-18)16-24-9-7-20(17-24)23-8-11-27-13-14-28-12-10-25/h2-6,19-20,23,25H,7-17H2,1H3,(H,22,26)/t19-,20+/m1/s1. The number of ether oxygens (including phenoxy) is 2. The van der Waals surface area contributed by atoms with Gasteiger partial charge in [-0.15, -0.1) is 0 Å². The molecule has 2 atom stereocenters. The molecule has 0 bridgehead atoms. The van der Waals surface area contributed by atoms with Crippen LogP contribution in [-0.4, -0.2) is 88.2 Å². The zero-order valence-corrected chi connectivity index (χ0v) is 16.9. The number of nitrogens with one attached hydrogen (secondary N) is 2. The third-order valence-electron chi connectivity index (χ3n) is 5.02. The largest absolute Gasteiger partial charge is 0.394 e. The molecule has 0 unspecified atom stereocenters. The lowest BCUT2D eigenvalue weighted by molar-refractivity contribution is -0.121. The first-order valence-electron chi connectivity index (χ1n) is 10.2. The summed E-state index contributed by atoms with van der Waals surface area (Å²) in [5, 5.41) is 14.9. The summed E-state index contributed by atoms with van der Waals surface area (Å²) < 4.78 is 10.7. The lowest BCUT2D eigenvalue weighted by Gasteiger charge is -2.24. The van der Waals surface area contributed by atoms with E-state index in [2.05, 4.69) is 27.7 Å². The third-order valence-corrected chi connectivity index (χ3v) is 5.02. The molecule has 1 aromatic rings. The Labute approximate surface area is 168 Å². The van der Waals surface area contributed by atoms with Gasteiger partial charge in [0.15, 0.2) is 0 Å². The summed E-state index contributed by atoms with van der Waals surface area (Å²) >= 11 is 0. The highest BCUT2D eigenvalue weighted by Gasteiger charge is 2.25. The van der Waals surface area contributed by atoms with Gasteiger partial charge in [0.25, 0.3) is 0 Å². The SMILES string of the molecule is CNC(=O)C[C@H](CN1CC[C@H](NCCOCCOCCO)C1)c1ccccc1. The van der Waals surface area contributed by atoms with Gasteiger partial charge in [0, 0.05) is 45.1 Å². The molecule has 0 radical (unpaired) electrons. The molecule has 3 N–H and O–H groups in total. The topological polar surface area (TPSA) is 83.1 Å². The van der Waals surface area contributed by atoms with Gasteiger partial charge >= 0.3 is 0 Å². The third kappa shape index (κ3) is 8.67. The number of aliphatic hydroxyl groups excluding tert-OH is 1. The minimum absolute atomic E-state index is 0.0496. The Hall–Kier alpha value is -1.51. The van der Waals surface area contributed by atoms with Gasteiger partial charge in [0.2, 0.25) is 5.91 Å². The Morgan fingerprint density at radius 2 is 1.96 bits per heavy atom. The van der Waals surface area contributed by atoms with Crippen LogP contribution in [0.4, 0.5) is 0 Å². The van der Waals surface area contributed by atoms with Crippen molar-refractivity contribution in [2.45, 2.75) is 24.8 Å². The molecule has 1 aliphatic heterocycles. The maximum absolute atomic E-state index is 11.9. The summed E-state index contributed by atoms with van der Waals surface area (Å²) in [6, 6.07) is 10.8. The number of aliphatic hydroxyl groups is 1. The molecule has 158 valence electrons. The summed E-state index contributed by atoms with van der Waals surface area (Å²) in [6.45, 7) is 5.90. The Kier molecular flexibility index (Phi) is 11.1. The van der Waals surface area contributed by atoms with E-state index in [9.17, 15) is 4.79 Å². The van der Waals surface area contributed by atoms with Gasteiger partial charge < -0.3 is 30.1 Å². The maximum atomic E-state index is 11.9. The molecule has 7 heteroatoms. The minimum Gasteiger partial charge on any atom is -0.394 e. The van der Waals surface area contributed by atoms with Gasteiger partial charge in [0.05, 0.1) is 33.0 Å². The van der Waals surface area contributed by atoms with Crippen LogP contribution in [0.25, 0.3) is 0 Å². The van der Waals surface area contributed by atoms with Crippen molar-refractivity contribution in [1.82, 2.24) is 15.5 Å². The average molecular weight is 394 g/mol. The van der Waals surface area contributed by atoms with Crippen molar-refractivity contribution in [2.24, 2.45) is 0 Å². The zero-order chi connectivity index (χ0) is 20.0. The summed E-state index contributed by atoms with van der Waals surface area (Å²) in [7, 11) is 1.70. The van der Waals surface area contributed by atoms with E-state index >= 15 is 0 Å². The van der Waals surface area contributed by atoms with Crippen LogP contribution in [0.15, 0.2) is 30.3 Å². The molecule has 0 aromatic heterocycles. The number of amides is 1. The molecule has 0 aliphatic carbocycles. The monoisotopic (exact) mass is 393 g/mol. The maximum Gasteiger partial charge on any atom is 0.220 e. The van der Waals surface area contributed by atoms with Crippen LogP contribution in [0.3, 0.4) is 0 Å². The fourth-order valence-corrected chi connectivity index (χ4v) is 3.54. The highest BCUT2D eigenvalue weighted by atomic mass is 16.5. The Morgan fingerprint density at radius 3 is 2.68 bits per heavy atom. The molecule has 7 nitrogen and oxygen atoms in total. The molecule has 1 fully saturated rings. The van der Waals surface area contributed by atoms with Crippen LogP contribution < -0.4 is 10.6 Å². The molecule has 1 aromatic carbocycles. The zero-order valence-electron chi connectivity index (χ0n) is 16.9. The average Bonchev–Trinajstić information content (AvgIpc) is 3.17. The van der Waals surface area contributed by atoms with Crippen LogP contribution in [-0.2, 0) is 14.3 Å². The van der Waals surface area contributed by atoms with Crippen LogP contribution in [0.5, 0.6) is 0 Å². The lowest BCUT2D eigenvalue weighted by atomic mass is 9.95. The highest BCUT2D eigenvalue weighted by molar-refractivity contribution is 5.76. The normalized spacial score (nSPS) is 18.3.